The number of nitrogens with zero attached hydrogens (tertiary/aromatic N) is 2. The topological polar surface area (TPSA) is 68.0 Å². The Morgan fingerprint density at radius 2 is 1.96 bits per heavy atom. The fraction of sp³-hybridized carbons (Fsp3) is 0.167. The Bertz CT molecular complexity index is 928. The third-order valence-electron chi connectivity index (χ3n) is 4.13. The molecule has 0 aliphatic carbocycles. The molecule has 0 radical (unpaired) electrons. The molecule has 0 unspecified atom stereocenters. The molecule has 0 fully saturated rings. The second-order valence-electron chi connectivity index (χ2n) is 5.72. The minimum atomic E-state index is 0.0453. The molecule has 0 saturated heterocycles. The molecule has 23 heavy (non-hydrogen) atoms. The van der Waals surface area contributed by atoms with Crippen molar-refractivity contribution in [2.75, 3.05) is 5.32 Å². The SMILES string of the molecule is Cc1noc(-c2cccc(-c3ccc4c(c3)CC(=O)N4)c2C)n1. The summed E-state index contributed by atoms with van der Waals surface area (Å²) in [6.07, 6.45) is 0.435. The van der Waals surface area contributed by atoms with E-state index in [1.165, 1.54) is 0 Å². The normalized spacial score (nSPS) is 13.0. The van der Waals surface area contributed by atoms with Crippen molar-refractivity contribution in [3.63, 3.8) is 0 Å². The van der Waals surface area contributed by atoms with E-state index in [-0.39, 0.29) is 5.91 Å². The number of amides is 1. The average Bonchev–Trinajstić information content (AvgIpc) is 3.11. The Balaban J connectivity index is 1.81. The van der Waals surface area contributed by atoms with Gasteiger partial charge in [-0.3, -0.25) is 4.79 Å². The quantitative estimate of drug-likeness (QED) is 0.786. The lowest BCUT2D eigenvalue weighted by Crippen LogP contribution is -2.03. The monoisotopic (exact) mass is 305 g/mol. The molecule has 0 saturated carbocycles. The van der Waals surface area contributed by atoms with Gasteiger partial charge in [0.05, 0.1) is 6.42 Å². The van der Waals surface area contributed by atoms with Gasteiger partial charge in [0.1, 0.15) is 0 Å². The van der Waals surface area contributed by atoms with Crippen LogP contribution < -0.4 is 5.32 Å². The number of carbonyl (C=O) groups excluding carboxylic acids is 1. The van der Waals surface area contributed by atoms with E-state index in [1.54, 1.807) is 6.92 Å². The van der Waals surface area contributed by atoms with Crippen LogP contribution >= 0.6 is 0 Å². The molecule has 1 aromatic heterocycles. The molecule has 1 N–H and O–H groups in total. The molecule has 2 aromatic carbocycles. The van der Waals surface area contributed by atoms with Crippen LogP contribution in [0.2, 0.25) is 0 Å². The third kappa shape index (κ3) is 2.30. The number of aromatic nitrogens is 2. The highest BCUT2D eigenvalue weighted by Crippen LogP contribution is 2.34. The third-order valence-corrected chi connectivity index (χ3v) is 4.13. The van der Waals surface area contributed by atoms with Crippen molar-refractivity contribution in [1.82, 2.24) is 10.1 Å². The van der Waals surface area contributed by atoms with E-state index in [4.69, 9.17) is 4.52 Å². The van der Waals surface area contributed by atoms with Gasteiger partial charge in [0.2, 0.25) is 5.91 Å². The Morgan fingerprint density at radius 1 is 1.13 bits per heavy atom. The predicted octanol–water partition coefficient (Wildman–Crippen LogP) is 3.52. The summed E-state index contributed by atoms with van der Waals surface area (Å²) in [7, 11) is 0. The van der Waals surface area contributed by atoms with Gasteiger partial charge < -0.3 is 9.84 Å². The van der Waals surface area contributed by atoms with Gasteiger partial charge in [-0.2, -0.15) is 4.98 Å². The minimum absolute atomic E-state index is 0.0453. The number of aryl methyl sites for hydroxylation is 1. The average molecular weight is 305 g/mol. The molecule has 2 heterocycles. The van der Waals surface area contributed by atoms with Gasteiger partial charge in [-0.25, -0.2) is 0 Å². The number of hydrogen-bond donors (Lipinski definition) is 1. The van der Waals surface area contributed by atoms with Gasteiger partial charge in [0.15, 0.2) is 5.82 Å². The summed E-state index contributed by atoms with van der Waals surface area (Å²) in [5, 5.41) is 6.72. The summed E-state index contributed by atoms with van der Waals surface area (Å²) in [5.74, 6) is 1.19. The van der Waals surface area contributed by atoms with Crippen LogP contribution in [0.4, 0.5) is 5.69 Å². The zero-order valence-corrected chi connectivity index (χ0v) is 12.9. The smallest absolute Gasteiger partial charge is 0.258 e. The highest BCUT2D eigenvalue weighted by Gasteiger charge is 2.19. The first-order valence-electron chi connectivity index (χ1n) is 7.45. The summed E-state index contributed by atoms with van der Waals surface area (Å²) in [5.41, 5.74) is 6.12. The molecule has 5 heteroatoms. The van der Waals surface area contributed by atoms with Gasteiger partial charge in [0.25, 0.3) is 5.89 Å². The molecule has 0 bridgehead atoms. The van der Waals surface area contributed by atoms with Crippen molar-refractivity contribution < 1.29 is 9.32 Å². The van der Waals surface area contributed by atoms with Crippen molar-refractivity contribution in [1.29, 1.82) is 0 Å². The Kier molecular flexibility index (Phi) is 3.01. The first kappa shape index (κ1) is 13.7. The van der Waals surface area contributed by atoms with E-state index in [2.05, 4.69) is 27.6 Å². The lowest BCUT2D eigenvalue weighted by molar-refractivity contribution is -0.115. The number of carbonyl (C=O) groups is 1. The van der Waals surface area contributed by atoms with Crippen molar-refractivity contribution >= 4 is 11.6 Å². The van der Waals surface area contributed by atoms with Crippen LogP contribution in [0.3, 0.4) is 0 Å². The van der Waals surface area contributed by atoms with Gasteiger partial charge in [-0.15, -0.1) is 0 Å². The summed E-state index contributed by atoms with van der Waals surface area (Å²) in [4.78, 5) is 15.8. The van der Waals surface area contributed by atoms with Crippen molar-refractivity contribution in [3.05, 3.63) is 53.3 Å². The molecule has 1 amide bonds. The van der Waals surface area contributed by atoms with Crippen LogP contribution in [0, 0.1) is 13.8 Å². The molecule has 5 nitrogen and oxygen atoms in total. The Morgan fingerprint density at radius 3 is 2.74 bits per heavy atom. The predicted molar refractivity (Wildman–Crippen MR) is 87.0 cm³/mol. The molecule has 0 spiro atoms. The summed E-state index contributed by atoms with van der Waals surface area (Å²) >= 11 is 0. The zero-order chi connectivity index (χ0) is 16.0. The van der Waals surface area contributed by atoms with Crippen LogP contribution in [0.15, 0.2) is 40.9 Å². The first-order chi connectivity index (χ1) is 11.1. The van der Waals surface area contributed by atoms with Crippen LogP contribution in [0.5, 0.6) is 0 Å². The van der Waals surface area contributed by atoms with Crippen molar-refractivity contribution in [2.45, 2.75) is 20.3 Å². The maximum absolute atomic E-state index is 11.5. The zero-order valence-electron chi connectivity index (χ0n) is 12.9. The number of anilines is 1. The van der Waals surface area contributed by atoms with Crippen molar-refractivity contribution in [3.8, 4) is 22.6 Å². The lowest BCUT2D eigenvalue weighted by atomic mass is 9.95. The molecule has 114 valence electrons. The summed E-state index contributed by atoms with van der Waals surface area (Å²) in [6, 6.07) is 12.1. The molecular formula is C18H15N3O2. The van der Waals surface area contributed by atoms with Gasteiger partial charge in [-0.1, -0.05) is 23.4 Å². The highest BCUT2D eigenvalue weighted by atomic mass is 16.5. The number of benzene rings is 2. The summed E-state index contributed by atoms with van der Waals surface area (Å²) in [6.45, 7) is 3.84. The van der Waals surface area contributed by atoms with E-state index < -0.39 is 0 Å². The van der Waals surface area contributed by atoms with Crippen molar-refractivity contribution in [2.24, 2.45) is 0 Å². The van der Waals surface area contributed by atoms with Gasteiger partial charge >= 0.3 is 0 Å². The van der Waals surface area contributed by atoms with E-state index in [9.17, 15) is 4.79 Å². The number of nitrogens with one attached hydrogen (secondary N) is 1. The fourth-order valence-electron chi connectivity index (χ4n) is 2.98. The number of hydrogen-bond acceptors (Lipinski definition) is 4. The fourth-order valence-corrected chi connectivity index (χ4v) is 2.98. The maximum Gasteiger partial charge on any atom is 0.258 e. The van der Waals surface area contributed by atoms with Gasteiger partial charge in [-0.05, 0) is 54.3 Å². The molecular weight excluding hydrogens is 290 g/mol. The first-order valence-corrected chi connectivity index (χ1v) is 7.45. The molecule has 0 atom stereocenters. The molecule has 1 aliphatic rings. The highest BCUT2D eigenvalue weighted by molar-refractivity contribution is 5.99. The second kappa shape index (κ2) is 5.05. The van der Waals surface area contributed by atoms with Crippen LogP contribution in [-0.2, 0) is 11.2 Å². The van der Waals surface area contributed by atoms with Crippen LogP contribution in [0.1, 0.15) is 17.0 Å². The van der Waals surface area contributed by atoms with Crippen LogP contribution in [-0.4, -0.2) is 16.0 Å². The second-order valence-corrected chi connectivity index (χ2v) is 5.72. The Hall–Kier alpha value is -2.95. The van der Waals surface area contributed by atoms with E-state index in [1.807, 2.05) is 31.2 Å². The van der Waals surface area contributed by atoms with E-state index >= 15 is 0 Å². The largest absolute Gasteiger partial charge is 0.334 e. The number of fused-ring (bicyclic) bond motifs is 1. The Labute approximate surface area is 133 Å². The number of rotatable bonds is 2. The van der Waals surface area contributed by atoms with E-state index in [0.29, 0.717) is 18.1 Å². The van der Waals surface area contributed by atoms with E-state index in [0.717, 1.165) is 33.5 Å². The lowest BCUT2D eigenvalue weighted by Gasteiger charge is -2.10. The van der Waals surface area contributed by atoms with Crippen LogP contribution in [0.25, 0.3) is 22.6 Å². The minimum Gasteiger partial charge on any atom is -0.334 e. The maximum atomic E-state index is 11.5. The summed E-state index contributed by atoms with van der Waals surface area (Å²) < 4.78 is 5.29. The molecule has 1 aliphatic heterocycles. The van der Waals surface area contributed by atoms with Gasteiger partial charge in [0, 0.05) is 11.3 Å². The molecule has 4 rings (SSSR count). The molecule has 3 aromatic rings. The standard InChI is InChI=1S/C18H15N3O2/c1-10-14(4-3-5-15(10)18-19-11(2)21-23-18)12-6-7-16-13(8-12)9-17(22)20-16/h3-8H,9H2,1-2H3,(H,20,22).